The Morgan fingerprint density at radius 1 is 1.32 bits per heavy atom. The first kappa shape index (κ1) is 15.7. The molecule has 0 radical (unpaired) electrons. The Morgan fingerprint density at radius 3 is 2.47 bits per heavy atom. The maximum atomic E-state index is 10.1. The molecule has 1 aromatic carbocycles. The van der Waals surface area contributed by atoms with Crippen molar-refractivity contribution in [1.29, 1.82) is 0 Å². The smallest absolute Gasteiger partial charge is 0.118 e. The summed E-state index contributed by atoms with van der Waals surface area (Å²) in [6, 6.07) is 7.86. The lowest BCUT2D eigenvalue weighted by Gasteiger charge is -2.22. The molecule has 3 unspecified atom stereocenters. The Bertz CT molecular complexity index is 375. The number of ether oxygens (including phenoxy) is 1. The fourth-order valence-corrected chi connectivity index (χ4v) is 1.91. The number of aliphatic hydroxyl groups excluding tert-OH is 1. The highest BCUT2D eigenvalue weighted by atomic mass is 16.5. The Hall–Kier alpha value is -1.32. The lowest BCUT2D eigenvalue weighted by Crippen LogP contribution is -2.35. The van der Waals surface area contributed by atoms with E-state index < -0.39 is 6.10 Å². The van der Waals surface area contributed by atoms with Crippen molar-refractivity contribution >= 4 is 0 Å². The molecule has 0 amide bonds. The predicted molar refractivity (Wildman–Crippen MR) is 79.4 cm³/mol. The highest BCUT2D eigenvalue weighted by Gasteiger charge is 2.13. The van der Waals surface area contributed by atoms with Gasteiger partial charge in [0.15, 0.2) is 0 Å². The van der Waals surface area contributed by atoms with Crippen molar-refractivity contribution in [3.05, 3.63) is 42.5 Å². The predicted octanol–water partition coefficient (Wildman–Crippen LogP) is 2.92. The van der Waals surface area contributed by atoms with Gasteiger partial charge in [-0.25, -0.2) is 0 Å². The van der Waals surface area contributed by atoms with Crippen molar-refractivity contribution in [2.24, 2.45) is 5.92 Å². The molecule has 0 aliphatic rings. The second-order valence-electron chi connectivity index (χ2n) is 4.99. The molecule has 0 aliphatic heterocycles. The van der Waals surface area contributed by atoms with Gasteiger partial charge in [0, 0.05) is 12.6 Å². The molecule has 19 heavy (non-hydrogen) atoms. The van der Waals surface area contributed by atoms with Crippen LogP contribution in [0.4, 0.5) is 0 Å². The van der Waals surface area contributed by atoms with Crippen molar-refractivity contribution in [2.75, 3.05) is 13.7 Å². The van der Waals surface area contributed by atoms with Gasteiger partial charge in [0.25, 0.3) is 0 Å². The molecule has 0 aliphatic carbocycles. The second kappa shape index (κ2) is 7.97. The third-order valence-corrected chi connectivity index (χ3v) is 3.53. The number of aliphatic hydroxyl groups is 1. The fourth-order valence-electron chi connectivity index (χ4n) is 1.91. The molecule has 3 heteroatoms. The van der Waals surface area contributed by atoms with Gasteiger partial charge in [-0.3, -0.25) is 0 Å². The summed E-state index contributed by atoms with van der Waals surface area (Å²) >= 11 is 0. The van der Waals surface area contributed by atoms with E-state index in [4.69, 9.17) is 4.74 Å². The van der Waals surface area contributed by atoms with Gasteiger partial charge < -0.3 is 15.2 Å². The Labute approximate surface area is 116 Å². The van der Waals surface area contributed by atoms with E-state index in [9.17, 15) is 5.11 Å². The van der Waals surface area contributed by atoms with Gasteiger partial charge >= 0.3 is 0 Å². The van der Waals surface area contributed by atoms with E-state index in [2.05, 4.69) is 25.7 Å². The molecule has 0 aromatic heterocycles. The van der Waals surface area contributed by atoms with Gasteiger partial charge in [0.2, 0.25) is 0 Å². The zero-order valence-electron chi connectivity index (χ0n) is 12.1. The van der Waals surface area contributed by atoms with Crippen molar-refractivity contribution < 1.29 is 9.84 Å². The third kappa shape index (κ3) is 5.05. The highest BCUT2D eigenvalue weighted by Crippen LogP contribution is 2.17. The molecule has 1 rings (SSSR count). The minimum Gasteiger partial charge on any atom is -0.497 e. The Morgan fingerprint density at radius 2 is 1.95 bits per heavy atom. The summed E-state index contributed by atoms with van der Waals surface area (Å²) in [5, 5.41) is 13.5. The summed E-state index contributed by atoms with van der Waals surface area (Å²) in [6.45, 7) is 8.62. The molecule has 3 nitrogen and oxygen atoms in total. The molecular formula is C16H25NO2. The van der Waals surface area contributed by atoms with Gasteiger partial charge in [-0.2, -0.15) is 0 Å². The van der Waals surface area contributed by atoms with Crippen LogP contribution in [0.1, 0.15) is 31.9 Å². The lowest BCUT2D eigenvalue weighted by atomic mass is 9.99. The topological polar surface area (TPSA) is 41.5 Å². The van der Waals surface area contributed by atoms with Crippen molar-refractivity contribution in [2.45, 2.75) is 32.4 Å². The minimum absolute atomic E-state index is 0.353. The summed E-state index contributed by atoms with van der Waals surface area (Å²) in [4.78, 5) is 0. The SMILES string of the molecule is C=CCC(C)C(C)NCC(O)c1ccc(OC)cc1. The minimum atomic E-state index is -0.496. The van der Waals surface area contributed by atoms with Crippen LogP contribution in [0, 0.1) is 5.92 Å². The Balaban J connectivity index is 2.45. The monoisotopic (exact) mass is 263 g/mol. The van der Waals surface area contributed by atoms with Gasteiger partial charge in [-0.05, 0) is 37.0 Å². The van der Waals surface area contributed by atoms with Crippen LogP contribution in [-0.4, -0.2) is 24.8 Å². The number of allylic oxidation sites excluding steroid dienone is 1. The van der Waals surface area contributed by atoms with Crippen LogP contribution in [0.5, 0.6) is 5.75 Å². The fraction of sp³-hybridized carbons (Fsp3) is 0.500. The average molecular weight is 263 g/mol. The van der Waals surface area contributed by atoms with Crippen LogP contribution in [0.3, 0.4) is 0 Å². The summed E-state index contributed by atoms with van der Waals surface area (Å²) in [7, 11) is 1.63. The molecule has 3 atom stereocenters. The van der Waals surface area contributed by atoms with E-state index in [0.717, 1.165) is 17.7 Å². The molecule has 0 spiro atoms. The van der Waals surface area contributed by atoms with Gasteiger partial charge in [-0.1, -0.05) is 25.1 Å². The average Bonchev–Trinajstić information content (AvgIpc) is 2.44. The van der Waals surface area contributed by atoms with E-state index in [1.54, 1.807) is 7.11 Å². The van der Waals surface area contributed by atoms with Crippen molar-refractivity contribution in [3.63, 3.8) is 0 Å². The van der Waals surface area contributed by atoms with Crippen molar-refractivity contribution in [1.82, 2.24) is 5.32 Å². The first-order chi connectivity index (χ1) is 9.08. The number of hydrogen-bond acceptors (Lipinski definition) is 3. The maximum Gasteiger partial charge on any atom is 0.118 e. The largest absolute Gasteiger partial charge is 0.497 e. The van der Waals surface area contributed by atoms with Gasteiger partial charge in [-0.15, -0.1) is 6.58 Å². The van der Waals surface area contributed by atoms with Gasteiger partial charge in [0.1, 0.15) is 5.75 Å². The lowest BCUT2D eigenvalue weighted by molar-refractivity contribution is 0.166. The molecule has 0 heterocycles. The number of methoxy groups -OCH3 is 1. The summed E-state index contributed by atoms with van der Waals surface area (Å²) in [5.41, 5.74) is 0.900. The van der Waals surface area contributed by atoms with Crippen LogP contribution < -0.4 is 10.1 Å². The second-order valence-corrected chi connectivity index (χ2v) is 4.99. The number of rotatable bonds is 8. The van der Waals surface area contributed by atoms with Gasteiger partial charge in [0.05, 0.1) is 13.2 Å². The van der Waals surface area contributed by atoms with E-state index in [1.807, 2.05) is 30.3 Å². The van der Waals surface area contributed by atoms with E-state index in [0.29, 0.717) is 18.5 Å². The van der Waals surface area contributed by atoms with Crippen LogP contribution >= 0.6 is 0 Å². The number of nitrogens with one attached hydrogen (secondary N) is 1. The standard InChI is InChI=1S/C16H25NO2/c1-5-6-12(2)13(3)17-11-16(18)14-7-9-15(19-4)10-8-14/h5,7-10,12-13,16-18H,1,6,11H2,2-4H3. The number of hydrogen-bond donors (Lipinski definition) is 2. The first-order valence-corrected chi connectivity index (χ1v) is 6.74. The quantitative estimate of drug-likeness (QED) is 0.709. The highest BCUT2D eigenvalue weighted by molar-refractivity contribution is 5.28. The first-order valence-electron chi connectivity index (χ1n) is 6.74. The molecule has 0 saturated carbocycles. The van der Waals surface area contributed by atoms with Crippen LogP contribution in [0.2, 0.25) is 0 Å². The molecule has 2 N–H and O–H groups in total. The van der Waals surface area contributed by atoms with Crippen molar-refractivity contribution in [3.8, 4) is 5.75 Å². The van der Waals surface area contributed by atoms with Crippen LogP contribution in [-0.2, 0) is 0 Å². The number of benzene rings is 1. The molecule has 0 saturated heterocycles. The Kier molecular flexibility index (Phi) is 6.60. The molecule has 106 valence electrons. The molecular weight excluding hydrogens is 238 g/mol. The van der Waals surface area contributed by atoms with E-state index in [-0.39, 0.29) is 0 Å². The zero-order chi connectivity index (χ0) is 14.3. The van der Waals surface area contributed by atoms with E-state index >= 15 is 0 Å². The maximum absolute atomic E-state index is 10.1. The summed E-state index contributed by atoms with van der Waals surface area (Å²) < 4.78 is 5.10. The summed E-state index contributed by atoms with van der Waals surface area (Å²) in [6.07, 6.45) is 2.42. The molecule has 0 bridgehead atoms. The zero-order valence-corrected chi connectivity index (χ0v) is 12.1. The molecule has 0 fully saturated rings. The summed E-state index contributed by atoms with van der Waals surface area (Å²) in [5.74, 6) is 1.32. The molecule has 1 aromatic rings. The normalized spacial score (nSPS) is 15.6. The van der Waals surface area contributed by atoms with E-state index in [1.165, 1.54) is 0 Å². The third-order valence-electron chi connectivity index (χ3n) is 3.53. The van der Waals surface area contributed by atoms with Crippen LogP contribution in [0.15, 0.2) is 36.9 Å². The van der Waals surface area contributed by atoms with Crippen LogP contribution in [0.25, 0.3) is 0 Å².